The van der Waals surface area contributed by atoms with Crippen LogP contribution in [-0.4, -0.2) is 55.8 Å². The first-order valence-corrected chi connectivity index (χ1v) is 8.77. The van der Waals surface area contributed by atoms with Crippen LogP contribution >= 0.6 is 24.0 Å². The molecule has 0 radical (unpaired) electrons. The first-order chi connectivity index (χ1) is 11.3. The van der Waals surface area contributed by atoms with E-state index in [-0.39, 0.29) is 30.1 Å². The van der Waals surface area contributed by atoms with Crippen LogP contribution in [0.3, 0.4) is 0 Å². The minimum Gasteiger partial charge on any atom is -0.373 e. The van der Waals surface area contributed by atoms with Gasteiger partial charge in [0.05, 0.1) is 19.3 Å². The topological polar surface area (TPSA) is 48.9 Å². The van der Waals surface area contributed by atoms with E-state index >= 15 is 0 Å². The molecule has 3 rings (SSSR count). The van der Waals surface area contributed by atoms with Gasteiger partial charge in [-0.05, 0) is 31.9 Å². The molecule has 24 heavy (non-hydrogen) atoms. The fourth-order valence-electron chi connectivity index (χ4n) is 3.32. The molecule has 134 valence electrons. The fraction of sp³-hybridized carbons (Fsp3) is 0.611. The number of nitrogens with zero attached hydrogens (tertiary/aromatic N) is 2. The lowest BCUT2D eigenvalue weighted by molar-refractivity contribution is -0.0453. The molecule has 0 amide bonds. The molecule has 1 aromatic carbocycles. The van der Waals surface area contributed by atoms with Crippen LogP contribution in [0.5, 0.6) is 0 Å². The summed E-state index contributed by atoms with van der Waals surface area (Å²) in [7, 11) is 0. The van der Waals surface area contributed by atoms with Gasteiger partial charge in [0.15, 0.2) is 5.96 Å². The number of hydrogen-bond donors (Lipinski definition) is 2. The summed E-state index contributed by atoms with van der Waals surface area (Å²) in [4.78, 5) is 7.23. The molecule has 5 nitrogen and oxygen atoms in total. The van der Waals surface area contributed by atoms with Crippen LogP contribution in [0.4, 0.5) is 0 Å². The predicted octanol–water partition coefficient (Wildman–Crippen LogP) is 2.22. The zero-order valence-electron chi connectivity index (χ0n) is 14.4. The van der Waals surface area contributed by atoms with Gasteiger partial charge in [-0.3, -0.25) is 4.90 Å². The molecule has 2 unspecified atom stereocenters. The number of guanidine groups is 1. The van der Waals surface area contributed by atoms with E-state index < -0.39 is 0 Å². The number of morpholine rings is 1. The third-order valence-electron chi connectivity index (χ3n) is 4.57. The second-order valence-electron chi connectivity index (χ2n) is 6.31. The molecule has 2 fully saturated rings. The fourth-order valence-corrected chi connectivity index (χ4v) is 3.32. The van der Waals surface area contributed by atoms with E-state index in [2.05, 4.69) is 39.6 Å². The Morgan fingerprint density at radius 2 is 2.12 bits per heavy atom. The maximum absolute atomic E-state index is 6.00. The Balaban J connectivity index is 0.00000208. The quantitative estimate of drug-likeness (QED) is 0.416. The minimum atomic E-state index is 0. The summed E-state index contributed by atoms with van der Waals surface area (Å²) in [6.07, 6.45) is 2.86. The summed E-state index contributed by atoms with van der Waals surface area (Å²) in [6, 6.07) is 11.0. The monoisotopic (exact) mass is 444 g/mol. The Hall–Kier alpha value is -0.860. The molecule has 2 aliphatic rings. The molecule has 2 atom stereocenters. The van der Waals surface area contributed by atoms with Crippen molar-refractivity contribution >= 4 is 29.9 Å². The van der Waals surface area contributed by atoms with Gasteiger partial charge in [0.1, 0.15) is 0 Å². The number of rotatable bonds is 5. The van der Waals surface area contributed by atoms with E-state index in [0.29, 0.717) is 12.6 Å². The van der Waals surface area contributed by atoms with Gasteiger partial charge in [0.2, 0.25) is 0 Å². The van der Waals surface area contributed by atoms with Crippen molar-refractivity contribution in [2.75, 3.05) is 32.8 Å². The Labute approximate surface area is 162 Å². The van der Waals surface area contributed by atoms with E-state index in [4.69, 9.17) is 4.74 Å². The summed E-state index contributed by atoms with van der Waals surface area (Å²) >= 11 is 0. The van der Waals surface area contributed by atoms with Crippen molar-refractivity contribution < 1.29 is 4.74 Å². The summed E-state index contributed by atoms with van der Waals surface area (Å²) in [5.74, 6) is 0.864. The summed E-state index contributed by atoms with van der Waals surface area (Å²) in [5.41, 5.74) is 1.22. The molecule has 2 N–H and O–H groups in total. The van der Waals surface area contributed by atoms with Gasteiger partial charge >= 0.3 is 0 Å². The van der Waals surface area contributed by atoms with Crippen LogP contribution in [0.2, 0.25) is 0 Å². The highest BCUT2D eigenvalue weighted by Gasteiger charge is 2.32. The third-order valence-corrected chi connectivity index (χ3v) is 4.57. The van der Waals surface area contributed by atoms with Crippen molar-refractivity contribution in [3.05, 3.63) is 35.9 Å². The average Bonchev–Trinajstić information content (AvgIpc) is 3.06. The molecule has 0 bridgehead atoms. The van der Waals surface area contributed by atoms with Crippen molar-refractivity contribution in [2.45, 2.75) is 38.5 Å². The van der Waals surface area contributed by atoms with Gasteiger partial charge in [0, 0.05) is 25.7 Å². The molecular formula is C18H29IN4O. The summed E-state index contributed by atoms with van der Waals surface area (Å²) in [6.45, 7) is 7.60. The van der Waals surface area contributed by atoms with Gasteiger partial charge in [-0.15, -0.1) is 24.0 Å². The van der Waals surface area contributed by atoms with Crippen LogP contribution in [0.25, 0.3) is 0 Å². The average molecular weight is 444 g/mol. The number of nitrogens with one attached hydrogen (secondary N) is 2. The van der Waals surface area contributed by atoms with Crippen LogP contribution in [-0.2, 0) is 11.3 Å². The van der Waals surface area contributed by atoms with Crippen LogP contribution in [0.1, 0.15) is 25.3 Å². The standard InChI is InChI=1S/C18H28N4O.HI/c1-2-19-18(20-11-15-7-4-3-5-8-15)21-12-17-13-22-10-6-9-16(22)14-23-17;/h3-5,7-8,16-17H,2,6,9-14H2,1H3,(H2,19,20,21);1H. The highest BCUT2D eigenvalue weighted by atomic mass is 127. The van der Waals surface area contributed by atoms with Crippen molar-refractivity contribution in [1.82, 2.24) is 15.5 Å². The van der Waals surface area contributed by atoms with Crippen LogP contribution in [0.15, 0.2) is 35.3 Å². The minimum absolute atomic E-state index is 0. The highest BCUT2D eigenvalue weighted by Crippen LogP contribution is 2.22. The Bertz CT molecular complexity index is 511. The molecule has 2 aliphatic heterocycles. The van der Waals surface area contributed by atoms with Gasteiger partial charge in [-0.2, -0.15) is 0 Å². The molecule has 6 heteroatoms. The van der Waals surface area contributed by atoms with E-state index in [1.807, 2.05) is 18.2 Å². The van der Waals surface area contributed by atoms with E-state index in [9.17, 15) is 0 Å². The molecular weight excluding hydrogens is 415 g/mol. The number of hydrogen-bond acceptors (Lipinski definition) is 3. The second kappa shape index (κ2) is 10.2. The molecule has 2 saturated heterocycles. The zero-order chi connectivity index (χ0) is 15.9. The maximum atomic E-state index is 6.00. The SMILES string of the molecule is CCNC(=NCc1ccccc1)NCC1CN2CCCC2CO1.I. The van der Waals surface area contributed by atoms with Crippen molar-refractivity contribution in [3.8, 4) is 0 Å². The lowest BCUT2D eigenvalue weighted by atomic mass is 10.2. The third kappa shape index (κ3) is 5.60. The summed E-state index contributed by atoms with van der Waals surface area (Å²) in [5, 5.41) is 6.74. The van der Waals surface area contributed by atoms with Gasteiger partial charge < -0.3 is 15.4 Å². The lowest BCUT2D eigenvalue weighted by Crippen LogP contribution is -2.51. The van der Waals surface area contributed by atoms with Gasteiger partial charge in [-0.1, -0.05) is 30.3 Å². The molecule has 0 aliphatic carbocycles. The lowest BCUT2D eigenvalue weighted by Gasteiger charge is -2.35. The van der Waals surface area contributed by atoms with E-state index in [0.717, 1.165) is 32.2 Å². The molecule has 0 saturated carbocycles. The van der Waals surface area contributed by atoms with Gasteiger partial charge in [0.25, 0.3) is 0 Å². The molecule has 0 spiro atoms. The number of halogens is 1. The van der Waals surface area contributed by atoms with Gasteiger partial charge in [-0.25, -0.2) is 4.99 Å². The maximum Gasteiger partial charge on any atom is 0.191 e. The van der Waals surface area contributed by atoms with E-state index in [1.165, 1.54) is 24.9 Å². The number of fused-ring (bicyclic) bond motifs is 1. The molecule has 2 heterocycles. The Morgan fingerprint density at radius 1 is 1.29 bits per heavy atom. The number of aliphatic imine (C=N–C) groups is 1. The molecule has 0 aromatic heterocycles. The van der Waals surface area contributed by atoms with Crippen molar-refractivity contribution in [2.24, 2.45) is 4.99 Å². The van der Waals surface area contributed by atoms with Crippen molar-refractivity contribution in [3.63, 3.8) is 0 Å². The first-order valence-electron chi connectivity index (χ1n) is 8.77. The Morgan fingerprint density at radius 3 is 2.92 bits per heavy atom. The normalized spacial score (nSPS) is 24.1. The number of ether oxygens (including phenoxy) is 1. The second-order valence-corrected chi connectivity index (χ2v) is 6.31. The smallest absolute Gasteiger partial charge is 0.191 e. The molecule has 1 aromatic rings. The first kappa shape index (κ1) is 19.5. The Kier molecular flexibility index (Phi) is 8.28. The van der Waals surface area contributed by atoms with E-state index in [1.54, 1.807) is 0 Å². The van der Waals surface area contributed by atoms with Crippen molar-refractivity contribution in [1.29, 1.82) is 0 Å². The largest absolute Gasteiger partial charge is 0.373 e. The predicted molar refractivity (Wildman–Crippen MR) is 109 cm³/mol. The van der Waals surface area contributed by atoms with Crippen LogP contribution in [0, 0.1) is 0 Å². The number of benzene rings is 1. The summed E-state index contributed by atoms with van der Waals surface area (Å²) < 4.78 is 6.00. The highest BCUT2D eigenvalue weighted by molar-refractivity contribution is 14.0. The zero-order valence-corrected chi connectivity index (χ0v) is 16.7. The van der Waals surface area contributed by atoms with Crippen LogP contribution < -0.4 is 10.6 Å².